The number of nitrogens with two attached hydrogens (primary N) is 2. The summed E-state index contributed by atoms with van der Waals surface area (Å²) >= 11 is 0. The van der Waals surface area contributed by atoms with Crippen molar-refractivity contribution in [2.45, 2.75) is 77.5 Å². The third-order valence-electron chi connectivity index (χ3n) is 7.40. The zero-order chi connectivity index (χ0) is 25.7. The normalized spacial score (nSPS) is 16.6. The van der Waals surface area contributed by atoms with Crippen molar-refractivity contribution in [1.29, 1.82) is 0 Å². The fourth-order valence-electron chi connectivity index (χ4n) is 5.26. The minimum absolute atomic E-state index is 0. The lowest BCUT2D eigenvalue weighted by Gasteiger charge is -2.17. The van der Waals surface area contributed by atoms with Crippen LogP contribution < -0.4 is 22.6 Å². The van der Waals surface area contributed by atoms with Crippen molar-refractivity contribution in [3.63, 3.8) is 0 Å². The van der Waals surface area contributed by atoms with Crippen molar-refractivity contribution in [3.05, 3.63) is 91.8 Å². The van der Waals surface area contributed by atoms with Gasteiger partial charge in [0.05, 0.1) is 10.8 Å². The van der Waals surface area contributed by atoms with E-state index >= 15 is 0 Å². The van der Waals surface area contributed by atoms with Gasteiger partial charge >= 0.3 is 0 Å². The SMILES string of the molecule is Cc1cccc2cc([C@H](C)N)n(C3CC3)c(=O)c12.Cc1cccc2cc([C@H](C)N)n(C3CC3)c(=O)c12.S. The molecular weight excluding hydrogens is 480 g/mol. The molecule has 2 aliphatic rings. The van der Waals surface area contributed by atoms with E-state index in [1.165, 1.54) is 0 Å². The van der Waals surface area contributed by atoms with E-state index in [9.17, 15) is 9.59 Å². The van der Waals surface area contributed by atoms with E-state index in [1.807, 2.05) is 73.2 Å². The molecule has 196 valence electrons. The van der Waals surface area contributed by atoms with Crippen LogP contribution >= 0.6 is 13.5 Å². The highest BCUT2D eigenvalue weighted by Crippen LogP contribution is 2.37. The van der Waals surface area contributed by atoms with E-state index in [0.717, 1.165) is 69.7 Å². The number of aryl methyl sites for hydroxylation is 2. The van der Waals surface area contributed by atoms with Gasteiger partial charge in [-0.3, -0.25) is 9.59 Å². The first-order chi connectivity index (χ1) is 17.2. The summed E-state index contributed by atoms with van der Waals surface area (Å²) in [6.45, 7) is 7.86. The van der Waals surface area contributed by atoms with Crippen LogP contribution in [0, 0.1) is 13.8 Å². The van der Waals surface area contributed by atoms with Crippen LogP contribution in [-0.4, -0.2) is 9.13 Å². The van der Waals surface area contributed by atoms with Crippen molar-refractivity contribution in [1.82, 2.24) is 9.13 Å². The zero-order valence-electron chi connectivity index (χ0n) is 22.1. The van der Waals surface area contributed by atoms with Gasteiger partial charge in [0.15, 0.2) is 0 Å². The second-order valence-corrected chi connectivity index (χ2v) is 10.6. The number of fused-ring (bicyclic) bond motifs is 2. The quantitative estimate of drug-likeness (QED) is 0.376. The Bertz CT molecular complexity index is 1460. The zero-order valence-corrected chi connectivity index (χ0v) is 23.1. The molecule has 37 heavy (non-hydrogen) atoms. The summed E-state index contributed by atoms with van der Waals surface area (Å²) in [5.41, 5.74) is 16.3. The van der Waals surface area contributed by atoms with Gasteiger partial charge in [0.25, 0.3) is 11.1 Å². The van der Waals surface area contributed by atoms with Gasteiger partial charge in [0.2, 0.25) is 0 Å². The summed E-state index contributed by atoms with van der Waals surface area (Å²) in [6.07, 6.45) is 4.38. The molecule has 2 heterocycles. The Kier molecular flexibility index (Phi) is 7.70. The molecule has 6 nitrogen and oxygen atoms in total. The summed E-state index contributed by atoms with van der Waals surface area (Å²) in [6, 6.07) is 16.6. The number of hydrogen-bond acceptors (Lipinski definition) is 4. The average Bonchev–Trinajstić information content (AvgIpc) is 3.73. The largest absolute Gasteiger partial charge is 0.323 e. The van der Waals surface area contributed by atoms with Crippen molar-refractivity contribution < 1.29 is 0 Å². The molecule has 0 saturated heterocycles. The molecule has 0 unspecified atom stereocenters. The summed E-state index contributed by atoms with van der Waals surface area (Å²) < 4.78 is 3.83. The highest BCUT2D eigenvalue weighted by molar-refractivity contribution is 7.59. The predicted octanol–water partition coefficient (Wildman–Crippen LogP) is 5.44. The lowest BCUT2D eigenvalue weighted by atomic mass is 10.0. The van der Waals surface area contributed by atoms with Crippen LogP contribution in [0.1, 0.15) is 86.2 Å². The standard InChI is InChI=1S/2C15H18N2O.H2S/c2*1-9-4-3-5-11-8-13(10(2)16)17(12-6-7-12)15(18)14(9)11;/h2*3-5,8,10,12H,6-7,16H2,1-2H3;1H2/t2*10-;/m00./s1. The summed E-state index contributed by atoms with van der Waals surface area (Å²) in [7, 11) is 0. The number of pyridine rings is 2. The maximum Gasteiger partial charge on any atom is 0.259 e. The number of benzene rings is 2. The molecule has 2 saturated carbocycles. The minimum Gasteiger partial charge on any atom is -0.323 e. The topological polar surface area (TPSA) is 96.0 Å². The maximum absolute atomic E-state index is 12.7. The van der Waals surface area contributed by atoms with E-state index in [0.29, 0.717) is 12.1 Å². The number of hydrogen-bond donors (Lipinski definition) is 2. The average molecular weight is 519 g/mol. The van der Waals surface area contributed by atoms with Gasteiger partial charge in [-0.25, -0.2) is 0 Å². The van der Waals surface area contributed by atoms with Crippen molar-refractivity contribution in [2.24, 2.45) is 11.5 Å². The van der Waals surface area contributed by atoms with E-state index in [2.05, 4.69) is 12.1 Å². The van der Waals surface area contributed by atoms with E-state index < -0.39 is 0 Å². The second kappa shape index (κ2) is 10.5. The van der Waals surface area contributed by atoms with E-state index in [4.69, 9.17) is 11.5 Å². The Hall–Kier alpha value is -2.87. The molecule has 0 amide bonds. The van der Waals surface area contributed by atoms with Crippen LogP contribution in [0.25, 0.3) is 21.5 Å². The van der Waals surface area contributed by atoms with Gasteiger partial charge in [0.1, 0.15) is 0 Å². The molecule has 2 aromatic carbocycles. The lowest BCUT2D eigenvalue weighted by molar-refractivity contribution is 0.620. The Morgan fingerprint density at radius 3 is 1.35 bits per heavy atom. The number of aromatic nitrogens is 2. The van der Waals surface area contributed by atoms with Crippen molar-refractivity contribution >= 4 is 35.0 Å². The van der Waals surface area contributed by atoms with Gasteiger partial charge < -0.3 is 20.6 Å². The van der Waals surface area contributed by atoms with Crippen molar-refractivity contribution in [3.8, 4) is 0 Å². The van der Waals surface area contributed by atoms with E-state index in [-0.39, 0.29) is 36.7 Å². The summed E-state index contributed by atoms with van der Waals surface area (Å²) in [5, 5.41) is 3.69. The molecule has 2 fully saturated rings. The highest BCUT2D eigenvalue weighted by atomic mass is 32.1. The maximum atomic E-state index is 12.7. The molecule has 0 bridgehead atoms. The smallest absolute Gasteiger partial charge is 0.259 e. The van der Waals surface area contributed by atoms with Gasteiger partial charge in [-0.2, -0.15) is 13.5 Å². The number of nitrogens with zero attached hydrogens (tertiary/aromatic N) is 2. The Balaban J connectivity index is 0.000000168. The van der Waals surface area contributed by atoms with Gasteiger partial charge in [0, 0.05) is 35.6 Å². The van der Waals surface area contributed by atoms with Gasteiger partial charge in [-0.05, 0) is 87.4 Å². The van der Waals surface area contributed by atoms with Crippen LogP contribution in [0.4, 0.5) is 0 Å². The molecule has 4 N–H and O–H groups in total. The molecule has 6 rings (SSSR count). The molecule has 4 aromatic rings. The first kappa shape index (κ1) is 27.2. The molecule has 7 heteroatoms. The molecule has 0 spiro atoms. The molecule has 2 atom stereocenters. The van der Waals surface area contributed by atoms with Crippen LogP contribution in [0.2, 0.25) is 0 Å². The molecule has 2 aliphatic carbocycles. The van der Waals surface area contributed by atoms with Crippen molar-refractivity contribution in [2.75, 3.05) is 0 Å². The molecule has 2 aromatic heterocycles. The van der Waals surface area contributed by atoms with Gasteiger partial charge in [-0.15, -0.1) is 0 Å². The van der Waals surface area contributed by atoms with Crippen LogP contribution in [0.5, 0.6) is 0 Å². The monoisotopic (exact) mass is 518 g/mol. The minimum atomic E-state index is -0.108. The summed E-state index contributed by atoms with van der Waals surface area (Å²) in [5.74, 6) is 0. The Morgan fingerprint density at radius 2 is 1.05 bits per heavy atom. The van der Waals surface area contributed by atoms with Gasteiger partial charge in [-0.1, -0.05) is 36.4 Å². The summed E-state index contributed by atoms with van der Waals surface area (Å²) in [4.78, 5) is 25.3. The highest BCUT2D eigenvalue weighted by Gasteiger charge is 2.29. The lowest BCUT2D eigenvalue weighted by Crippen LogP contribution is -2.26. The molecule has 0 aliphatic heterocycles. The number of rotatable bonds is 4. The Morgan fingerprint density at radius 1 is 0.703 bits per heavy atom. The predicted molar refractivity (Wildman–Crippen MR) is 158 cm³/mol. The Labute approximate surface area is 224 Å². The fourth-order valence-corrected chi connectivity index (χ4v) is 5.26. The van der Waals surface area contributed by atoms with Crippen LogP contribution in [0.3, 0.4) is 0 Å². The van der Waals surface area contributed by atoms with Crippen LogP contribution in [-0.2, 0) is 0 Å². The second-order valence-electron chi connectivity index (χ2n) is 10.6. The first-order valence-electron chi connectivity index (χ1n) is 13.0. The fraction of sp³-hybridized carbons (Fsp3) is 0.400. The molecular formula is C30H38N4O2S. The third kappa shape index (κ3) is 5.13. The third-order valence-corrected chi connectivity index (χ3v) is 7.40. The van der Waals surface area contributed by atoms with E-state index in [1.54, 1.807) is 0 Å². The molecule has 0 radical (unpaired) electrons. The van der Waals surface area contributed by atoms with Crippen LogP contribution in [0.15, 0.2) is 58.1 Å². The first-order valence-corrected chi connectivity index (χ1v) is 13.0.